The van der Waals surface area contributed by atoms with Crippen LogP contribution in [-0.4, -0.2) is 46.7 Å². The number of terminal acetylenes is 1. The van der Waals surface area contributed by atoms with Gasteiger partial charge in [0, 0.05) is 37.1 Å². The minimum absolute atomic E-state index is 0.0236. The summed E-state index contributed by atoms with van der Waals surface area (Å²) in [6, 6.07) is 5.47. The minimum atomic E-state index is -4.63. The molecule has 0 radical (unpaired) electrons. The molecule has 0 bridgehead atoms. The summed E-state index contributed by atoms with van der Waals surface area (Å²) in [6.07, 6.45) is 0.749. The molecular formula is C23H18Cl2F3N3O2. The van der Waals surface area contributed by atoms with Gasteiger partial charge in [0.1, 0.15) is 11.3 Å². The summed E-state index contributed by atoms with van der Waals surface area (Å²) in [5.74, 6) is 2.29. The number of alkyl halides is 3. The molecule has 1 aromatic heterocycles. The number of carbonyl (C=O) groups excluding carboxylic acids is 1. The fourth-order valence-electron chi connectivity index (χ4n) is 3.81. The number of morpholine rings is 1. The molecule has 2 heterocycles. The van der Waals surface area contributed by atoms with Crippen molar-refractivity contribution in [3.63, 3.8) is 0 Å². The highest BCUT2D eigenvalue weighted by Crippen LogP contribution is 2.37. The molecule has 1 saturated heterocycles. The summed E-state index contributed by atoms with van der Waals surface area (Å²) < 4.78 is 47.7. The Morgan fingerprint density at radius 2 is 1.94 bits per heavy atom. The fraction of sp³-hybridized carbons (Fsp3) is 0.304. The monoisotopic (exact) mass is 495 g/mol. The smallest absolute Gasteiger partial charge is 0.378 e. The van der Waals surface area contributed by atoms with Crippen LogP contribution in [0.3, 0.4) is 0 Å². The first-order valence-corrected chi connectivity index (χ1v) is 10.7. The lowest BCUT2D eigenvalue weighted by atomic mass is 10.1. The number of hydrogen-bond donors (Lipinski definition) is 0. The van der Waals surface area contributed by atoms with Gasteiger partial charge >= 0.3 is 6.18 Å². The molecule has 0 atom stereocenters. The minimum Gasteiger partial charge on any atom is -0.378 e. The van der Waals surface area contributed by atoms with E-state index in [9.17, 15) is 18.0 Å². The van der Waals surface area contributed by atoms with Gasteiger partial charge in [-0.05, 0) is 29.8 Å². The topological polar surface area (TPSA) is 47.4 Å². The number of hydrogen-bond acceptors (Lipinski definition) is 3. The van der Waals surface area contributed by atoms with E-state index < -0.39 is 11.7 Å². The van der Waals surface area contributed by atoms with Gasteiger partial charge in [0.15, 0.2) is 0 Å². The number of aryl methyl sites for hydroxylation is 1. The van der Waals surface area contributed by atoms with E-state index in [1.807, 2.05) is 0 Å². The van der Waals surface area contributed by atoms with Crippen LogP contribution >= 0.6 is 23.2 Å². The average Bonchev–Trinajstić information content (AvgIpc) is 3.10. The molecule has 10 heteroatoms. The zero-order valence-electron chi connectivity index (χ0n) is 17.5. The summed E-state index contributed by atoms with van der Waals surface area (Å²) in [4.78, 5) is 18.8. The van der Waals surface area contributed by atoms with Gasteiger partial charge in [0.25, 0.3) is 5.91 Å². The highest BCUT2D eigenvalue weighted by atomic mass is 35.5. The number of imidazole rings is 1. The predicted octanol–water partition coefficient (Wildman–Crippen LogP) is 4.94. The van der Waals surface area contributed by atoms with Crippen molar-refractivity contribution in [1.29, 1.82) is 0 Å². The van der Waals surface area contributed by atoms with Crippen molar-refractivity contribution < 1.29 is 22.7 Å². The third-order valence-electron chi connectivity index (χ3n) is 5.60. The van der Waals surface area contributed by atoms with Crippen molar-refractivity contribution in [1.82, 2.24) is 14.5 Å². The average molecular weight is 496 g/mol. The molecule has 0 saturated carbocycles. The molecule has 1 aliphatic rings. The van der Waals surface area contributed by atoms with Gasteiger partial charge in [-0.25, -0.2) is 4.98 Å². The number of benzene rings is 2. The summed E-state index contributed by atoms with van der Waals surface area (Å²) in [6.45, 7) is 1.75. The van der Waals surface area contributed by atoms with E-state index in [-0.39, 0.29) is 44.5 Å². The van der Waals surface area contributed by atoms with Gasteiger partial charge < -0.3 is 14.2 Å². The summed E-state index contributed by atoms with van der Waals surface area (Å²) in [5.41, 5.74) is -0.127. The molecular weight excluding hydrogens is 478 g/mol. The molecule has 172 valence electrons. The first-order chi connectivity index (χ1) is 15.6. The molecule has 1 fully saturated rings. The lowest BCUT2D eigenvalue weighted by Crippen LogP contribution is -2.40. The lowest BCUT2D eigenvalue weighted by molar-refractivity contribution is -0.136. The number of carbonyl (C=O) groups is 1. The van der Waals surface area contributed by atoms with Crippen LogP contribution in [0.4, 0.5) is 13.2 Å². The Morgan fingerprint density at radius 1 is 1.24 bits per heavy atom. The van der Waals surface area contributed by atoms with Crippen molar-refractivity contribution >= 4 is 40.1 Å². The Balaban J connectivity index is 1.78. The van der Waals surface area contributed by atoms with Crippen LogP contribution in [-0.2, 0) is 24.4 Å². The first kappa shape index (κ1) is 23.4. The van der Waals surface area contributed by atoms with E-state index in [1.165, 1.54) is 10.6 Å². The van der Waals surface area contributed by atoms with E-state index in [1.54, 1.807) is 24.1 Å². The summed E-state index contributed by atoms with van der Waals surface area (Å²) in [7, 11) is 1.59. The number of aromatic nitrogens is 2. The maximum Gasteiger partial charge on any atom is 0.418 e. The highest BCUT2D eigenvalue weighted by Gasteiger charge is 2.35. The van der Waals surface area contributed by atoms with Gasteiger partial charge in [0.2, 0.25) is 0 Å². The third kappa shape index (κ3) is 4.41. The second-order valence-corrected chi connectivity index (χ2v) is 8.37. The van der Waals surface area contributed by atoms with Crippen LogP contribution in [0.2, 0.25) is 10.0 Å². The number of ether oxygens (including phenoxy) is 1. The van der Waals surface area contributed by atoms with E-state index in [2.05, 4.69) is 10.9 Å². The highest BCUT2D eigenvalue weighted by molar-refractivity contribution is 6.38. The molecule has 0 N–H and O–H groups in total. The second kappa shape index (κ2) is 8.90. The number of halogens is 5. The number of amides is 1. The molecule has 2 aromatic carbocycles. The largest absolute Gasteiger partial charge is 0.418 e. The van der Waals surface area contributed by atoms with Crippen molar-refractivity contribution in [3.8, 4) is 12.3 Å². The Hall–Kier alpha value is -2.73. The summed E-state index contributed by atoms with van der Waals surface area (Å²) in [5, 5.41) is 0.428. The Morgan fingerprint density at radius 3 is 2.58 bits per heavy atom. The Kier molecular flexibility index (Phi) is 6.32. The zero-order valence-corrected chi connectivity index (χ0v) is 19.0. The van der Waals surface area contributed by atoms with Crippen LogP contribution in [0.1, 0.15) is 32.9 Å². The van der Waals surface area contributed by atoms with Crippen molar-refractivity contribution in [3.05, 3.63) is 62.4 Å². The maximum absolute atomic E-state index is 13.6. The number of nitrogens with zero attached hydrogens (tertiary/aromatic N) is 3. The standard InChI is InChI=1S/C23H18Cl2F3N3O2/c1-3-13-10-16(23(26,27)28)21-18(11-13)30(2)19(29-21)12-15-17(24)5-4-14(20(15)25)22(32)31-6-8-33-9-7-31/h1,4-5,10-11H,6-9,12H2,2H3. The molecule has 1 aliphatic heterocycles. The van der Waals surface area contributed by atoms with Crippen LogP contribution in [0, 0.1) is 12.3 Å². The number of rotatable bonds is 3. The first-order valence-electron chi connectivity index (χ1n) is 9.99. The molecule has 3 aromatic rings. The normalized spacial score (nSPS) is 14.5. The molecule has 0 unspecified atom stereocenters. The van der Waals surface area contributed by atoms with Crippen LogP contribution in [0.5, 0.6) is 0 Å². The van der Waals surface area contributed by atoms with Gasteiger partial charge in [-0.15, -0.1) is 6.42 Å². The van der Waals surface area contributed by atoms with Gasteiger partial charge in [0.05, 0.1) is 34.9 Å². The van der Waals surface area contributed by atoms with E-state index in [0.29, 0.717) is 37.7 Å². The Labute approximate surface area is 198 Å². The molecule has 1 amide bonds. The van der Waals surface area contributed by atoms with E-state index >= 15 is 0 Å². The molecule has 0 aliphatic carbocycles. The van der Waals surface area contributed by atoms with Crippen molar-refractivity contribution in [2.75, 3.05) is 26.3 Å². The summed E-state index contributed by atoms with van der Waals surface area (Å²) >= 11 is 12.9. The fourth-order valence-corrected chi connectivity index (χ4v) is 4.40. The van der Waals surface area contributed by atoms with E-state index in [4.69, 9.17) is 34.4 Å². The van der Waals surface area contributed by atoms with Gasteiger partial charge in [-0.1, -0.05) is 29.1 Å². The van der Waals surface area contributed by atoms with Gasteiger partial charge in [-0.3, -0.25) is 4.79 Å². The van der Waals surface area contributed by atoms with Gasteiger partial charge in [-0.2, -0.15) is 13.2 Å². The van der Waals surface area contributed by atoms with Crippen LogP contribution in [0.15, 0.2) is 24.3 Å². The molecule has 5 nitrogen and oxygen atoms in total. The second-order valence-electron chi connectivity index (χ2n) is 7.59. The maximum atomic E-state index is 13.6. The van der Waals surface area contributed by atoms with E-state index in [0.717, 1.165) is 6.07 Å². The van der Waals surface area contributed by atoms with Crippen molar-refractivity contribution in [2.45, 2.75) is 12.6 Å². The molecule has 33 heavy (non-hydrogen) atoms. The molecule has 0 spiro atoms. The van der Waals surface area contributed by atoms with Crippen LogP contribution < -0.4 is 0 Å². The lowest BCUT2D eigenvalue weighted by Gasteiger charge is -2.27. The van der Waals surface area contributed by atoms with Crippen molar-refractivity contribution in [2.24, 2.45) is 7.05 Å². The third-order valence-corrected chi connectivity index (χ3v) is 6.39. The quantitative estimate of drug-likeness (QED) is 0.483. The number of fused-ring (bicyclic) bond motifs is 1. The Bertz CT molecular complexity index is 1290. The van der Waals surface area contributed by atoms with Crippen LogP contribution in [0.25, 0.3) is 11.0 Å². The SMILES string of the molecule is C#Cc1cc(C(F)(F)F)c2nc(Cc3c(Cl)ccc(C(=O)N4CCOCC4)c3Cl)n(C)c2c1. The zero-order chi connectivity index (χ0) is 23.9. The molecule has 4 rings (SSSR count). The predicted molar refractivity (Wildman–Crippen MR) is 120 cm³/mol.